The Bertz CT molecular complexity index is 541. The standard InChI is InChI=1S/C13H15NO3/c1-14-8-11(10-4-2-3-5-12(10)14)13(9-15)16-6-7-17-13/h2-5,8,15H,6-7,9H2,1H3. The fraction of sp³-hybridized carbons (Fsp3) is 0.385. The maximum Gasteiger partial charge on any atom is 0.221 e. The molecule has 1 N–H and O–H groups in total. The van der Waals surface area contributed by atoms with Crippen LogP contribution in [0.15, 0.2) is 30.5 Å². The van der Waals surface area contributed by atoms with Gasteiger partial charge in [0.25, 0.3) is 0 Å². The van der Waals surface area contributed by atoms with Gasteiger partial charge in [-0.2, -0.15) is 0 Å². The molecule has 0 bridgehead atoms. The molecule has 1 aromatic heterocycles. The van der Waals surface area contributed by atoms with Crippen LogP contribution in [-0.2, 0) is 22.3 Å². The van der Waals surface area contributed by atoms with Gasteiger partial charge in [-0.3, -0.25) is 0 Å². The van der Waals surface area contributed by atoms with Crippen LogP contribution in [0.2, 0.25) is 0 Å². The first kappa shape index (κ1) is 10.8. The van der Waals surface area contributed by atoms with Gasteiger partial charge in [-0.1, -0.05) is 18.2 Å². The number of aliphatic hydroxyl groups excluding tert-OH is 1. The molecular formula is C13H15NO3. The maximum atomic E-state index is 9.58. The molecule has 1 fully saturated rings. The van der Waals surface area contributed by atoms with E-state index in [-0.39, 0.29) is 6.61 Å². The summed E-state index contributed by atoms with van der Waals surface area (Å²) in [6, 6.07) is 8.03. The van der Waals surface area contributed by atoms with Crippen molar-refractivity contribution in [3.8, 4) is 0 Å². The normalized spacial score (nSPS) is 18.9. The van der Waals surface area contributed by atoms with Crippen molar-refractivity contribution in [2.45, 2.75) is 5.79 Å². The van der Waals surface area contributed by atoms with Gasteiger partial charge in [0.15, 0.2) is 0 Å². The van der Waals surface area contributed by atoms with Crippen molar-refractivity contribution >= 4 is 10.9 Å². The Morgan fingerprint density at radius 1 is 1.29 bits per heavy atom. The molecule has 1 aliphatic heterocycles. The predicted octanol–water partition coefficient (Wildman–Crippen LogP) is 1.37. The quantitative estimate of drug-likeness (QED) is 0.852. The summed E-state index contributed by atoms with van der Waals surface area (Å²) in [6.07, 6.45) is 1.96. The van der Waals surface area contributed by atoms with Gasteiger partial charge >= 0.3 is 0 Å². The summed E-state index contributed by atoms with van der Waals surface area (Å²) in [5.74, 6) is -0.985. The molecule has 0 saturated carbocycles. The minimum absolute atomic E-state index is 0.166. The van der Waals surface area contributed by atoms with Crippen LogP contribution in [0.25, 0.3) is 10.9 Å². The van der Waals surface area contributed by atoms with E-state index in [4.69, 9.17) is 9.47 Å². The van der Waals surface area contributed by atoms with E-state index < -0.39 is 5.79 Å². The number of benzene rings is 1. The van der Waals surface area contributed by atoms with Crippen LogP contribution < -0.4 is 0 Å². The van der Waals surface area contributed by atoms with Crippen LogP contribution in [0.3, 0.4) is 0 Å². The van der Waals surface area contributed by atoms with E-state index >= 15 is 0 Å². The van der Waals surface area contributed by atoms with Gasteiger partial charge < -0.3 is 19.1 Å². The molecule has 4 heteroatoms. The zero-order chi connectivity index (χ0) is 11.9. The summed E-state index contributed by atoms with van der Waals surface area (Å²) in [4.78, 5) is 0. The van der Waals surface area contributed by atoms with E-state index in [1.807, 2.05) is 42.1 Å². The molecule has 1 aromatic carbocycles. The first-order valence-corrected chi connectivity index (χ1v) is 5.70. The maximum absolute atomic E-state index is 9.58. The Hall–Kier alpha value is -1.36. The Morgan fingerprint density at radius 3 is 2.71 bits per heavy atom. The highest BCUT2D eigenvalue weighted by atomic mass is 16.7. The molecule has 1 saturated heterocycles. The number of nitrogens with zero attached hydrogens (tertiary/aromatic N) is 1. The highest BCUT2D eigenvalue weighted by Gasteiger charge is 2.40. The molecule has 0 unspecified atom stereocenters. The number of aromatic nitrogens is 1. The topological polar surface area (TPSA) is 43.6 Å². The minimum atomic E-state index is -0.985. The zero-order valence-electron chi connectivity index (χ0n) is 9.72. The Labute approximate surface area is 99.4 Å². The highest BCUT2D eigenvalue weighted by Crippen LogP contribution is 2.36. The molecule has 0 atom stereocenters. The summed E-state index contributed by atoms with van der Waals surface area (Å²) >= 11 is 0. The highest BCUT2D eigenvalue weighted by molar-refractivity contribution is 5.84. The Balaban J connectivity index is 2.23. The second-order valence-corrected chi connectivity index (χ2v) is 4.28. The number of hydrogen-bond donors (Lipinski definition) is 1. The van der Waals surface area contributed by atoms with Gasteiger partial charge in [-0.05, 0) is 6.07 Å². The van der Waals surface area contributed by atoms with Crippen LogP contribution in [0.1, 0.15) is 5.56 Å². The van der Waals surface area contributed by atoms with Gasteiger partial charge in [-0.25, -0.2) is 0 Å². The molecule has 0 aliphatic carbocycles. The van der Waals surface area contributed by atoms with Crippen molar-refractivity contribution in [1.82, 2.24) is 4.57 Å². The average Bonchev–Trinajstić information content (AvgIpc) is 2.96. The van der Waals surface area contributed by atoms with Gasteiger partial charge in [0.2, 0.25) is 5.79 Å². The second kappa shape index (κ2) is 3.84. The van der Waals surface area contributed by atoms with Crippen LogP contribution in [0, 0.1) is 0 Å². The molecule has 4 nitrogen and oxygen atoms in total. The van der Waals surface area contributed by atoms with E-state index in [1.54, 1.807) is 0 Å². The van der Waals surface area contributed by atoms with Crippen molar-refractivity contribution in [2.24, 2.45) is 7.05 Å². The third-order valence-electron chi connectivity index (χ3n) is 3.27. The van der Waals surface area contributed by atoms with E-state index in [2.05, 4.69) is 0 Å². The van der Waals surface area contributed by atoms with Crippen LogP contribution >= 0.6 is 0 Å². The van der Waals surface area contributed by atoms with Crippen molar-refractivity contribution in [1.29, 1.82) is 0 Å². The predicted molar refractivity (Wildman–Crippen MR) is 63.6 cm³/mol. The van der Waals surface area contributed by atoms with Crippen molar-refractivity contribution in [2.75, 3.05) is 19.8 Å². The molecule has 1 aliphatic rings. The fourth-order valence-corrected chi connectivity index (χ4v) is 2.43. The number of fused-ring (bicyclic) bond motifs is 1. The van der Waals surface area contributed by atoms with Crippen LogP contribution in [0.4, 0.5) is 0 Å². The minimum Gasteiger partial charge on any atom is -0.390 e. The molecule has 2 heterocycles. The van der Waals surface area contributed by atoms with Gasteiger partial charge in [0.1, 0.15) is 6.61 Å². The number of para-hydroxylation sites is 1. The lowest BCUT2D eigenvalue weighted by Crippen LogP contribution is -2.31. The van der Waals surface area contributed by atoms with Crippen molar-refractivity contribution < 1.29 is 14.6 Å². The van der Waals surface area contributed by atoms with Crippen molar-refractivity contribution in [3.05, 3.63) is 36.0 Å². The lowest BCUT2D eigenvalue weighted by molar-refractivity contribution is -0.190. The lowest BCUT2D eigenvalue weighted by atomic mass is 10.1. The molecule has 90 valence electrons. The van der Waals surface area contributed by atoms with Gasteiger partial charge in [0.05, 0.1) is 13.2 Å². The SMILES string of the molecule is Cn1cc(C2(CO)OCCO2)c2ccccc21. The smallest absolute Gasteiger partial charge is 0.221 e. The average molecular weight is 233 g/mol. The number of ether oxygens (including phenoxy) is 2. The lowest BCUT2D eigenvalue weighted by Gasteiger charge is -2.24. The van der Waals surface area contributed by atoms with Crippen LogP contribution in [0.5, 0.6) is 0 Å². The van der Waals surface area contributed by atoms with E-state index in [9.17, 15) is 5.11 Å². The molecule has 0 radical (unpaired) electrons. The molecule has 17 heavy (non-hydrogen) atoms. The Kier molecular flexibility index (Phi) is 2.43. The molecular weight excluding hydrogens is 218 g/mol. The second-order valence-electron chi connectivity index (χ2n) is 4.28. The zero-order valence-corrected chi connectivity index (χ0v) is 9.72. The van der Waals surface area contributed by atoms with Gasteiger partial charge in [-0.15, -0.1) is 0 Å². The van der Waals surface area contributed by atoms with E-state index in [0.717, 1.165) is 16.5 Å². The number of aliphatic hydroxyl groups is 1. The summed E-state index contributed by atoms with van der Waals surface area (Å²) in [5.41, 5.74) is 2.00. The molecule has 2 aromatic rings. The number of hydrogen-bond acceptors (Lipinski definition) is 3. The molecule has 3 rings (SSSR count). The molecule has 0 amide bonds. The van der Waals surface area contributed by atoms with E-state index in [0.29, 0.717) is 13.2 Å². The third-order valence-corrected chi connectivity index (χ3v) is 3.27. The first-order chi connectivity index (χ1) is 8.27. The third kappa shape index (κ3) is 1.49. The monoisotopic (exact) mass is 233 g/mol. The fourth-order valence-electron chi connectivity index (χ4n) is 2.43. The number of rotatable bonds is 2. The van der Waals surface area contributed by atoms with Crippen LogP contribution in [-0.4, -0.2) is 29.5 Å². The van der Waals surface area contributed by atoms with Crippen molar-refractivity contribution in [3.63, 3.8) is 0 Å². The summed E-state index contributed by atoms with van der Waals surface area (Å²) in [7, 11) is 1.98. The van der Waals surface area contributed by atoms with E-state index in [1.165, 1.54) is 0 Å². The number of aryl methyl sites for hydroxylation is 1. The summed E-state index contributed by atoms with van der Waals surface area (Å²) < 4.78 is 13.2. The Morgan fingerprint density at radius 2 is 2.00 bits per heavy atom. The summed E-state index contributed by atoms with van der Waals surface area (Å²) in [5, 5.41) is 10.6. The first-order valence-electron chi connectivity index (χ1n) is 5.70. The largest absolute Gasteiger partial charge is 0.390 e. The van der Waals surface area contributed by atoms with Gasteiger partial charge in [0, 0.05) is 29.7 Å². The molecule has 0 spiro atoms. The summed E-state index contributed by atoms with van der Waals surface area (Å²) in [6.45, 7) is 0.870.